The van der Waals surface area contributed by atoms with Crippen molar-refractivity contribution in [2.45, 2.75) is 31.2 Å². The van der Waals surface area contributed by atoms with Gasteiger partial charge in [0.1, 0.15) is 5.75 Å². The maximum absolute atomic E-state index is 10.9. The molecule has 2 aromatic rings. The molecule has 0 atom stereocenters. The number of rotatable bonds is 3. The van der Waals surface area contributed by atoms with Crippen molar-refractivity contribution < 1.29 is 23.6 Å². The van der Waals surface area contributed by atoms with Gasteiger partial charge in [-0.2, -0.15) is 0 Å². The second-order valence-electron chi connectivity index (χ2n) is 6.25. The largest absolute Gasteiger partial charge is 0.542 e. The third kappa shape index (κ3) is 5.04. The molecule has 1 spiro atoms. The van der Waals surface area contributed by atoms with Crippen molar-refractivity contribution in [2.75, 3.05) is 0 Å². The molecule has 2 N–H and O–H groups in total. The van der Waals surface area contributed by atoms with Crippen LogP contribution < -0.4 is 11.1 Å². The van der Waals surface area contributed by atoms with Crippen LogP contribution in [0.5, 0.6) is 5.75 Å². The van der Waals surface area contributed by atoms with Crippen LogP contribution >= 0.6 is 0 Å². The number of nitrogens with one attached hydrogen (secondary N) is 1. The van der Waals surface area contributed by atoms with Gasteiger partial charge in [-0.3, -0.25) is 14.1 Å². The zero-order valence-electron chi connectivity index (χ0n) is 14.4. The minimum absolute atomic E-state index is 0.0122. The van der Waals surface area contributed by atoms with Crippen molar-refractivity contribution in [1.29, 1.82) is 0 Å². The van der Waals surface area contributed by atoms with Crippen LogP contribution in [0.2, 0.25) is 0 Å². The highest BCUT2D eigenvalue weighted by Crippen LogP contribution is 2.25. The zero-order valence-corrected chi connectivity index (χ0v) is 14.4. The summed E-state index contributed by atoms with van der Waals surface area (Å²) in [5, 5.41) is 15.3. The zero-order chi connectivity index (χ0) is 19.3. The third-order valence-corrected chi connectivity index (χ3v) is 4.21. The second-order valence-corrected chi connectivity index (χ2v) is 6.25. The molecule has 1 aliphatic carbocycles. The number of ketones is 1. The molecule has 8 heteroatoms. The van der Waals surface area contributed by atoms with Gasteiger partial charge in [-0.15, -0.1) is 0 Å². The van der Waals surface area contributed by atoms with Gasteiger partial charge in [0.25, 0.3) is 0 Å². The molecule has 8 nitrogen and oxygen atoms in total. The van der Waals surface area contributed by atoms with E-state index in [4.69, 9.17) is 5.11 Å². The van der Waals surface area contributed by atoms with Gasteiger partial charge in [0.05, 0.1) is 5.54 Å². The molecule has 0 unspecified atom stereocenters. The molecule has 2 heterocycles. The Morgan fingerprint density at radius 3 is 2.33 bits per heavy atom. The summed E-state index contributed by atoms with van der Waals surface area (Å²) in [6.45, 7) is 0. The fraction of sp³-hybridized carbons (Fsp3) is 0.263. The van der Waals surface area contributed by atoms with E-state index in [0.717, 1.165) is 12.0 Å². The van der Waals surface area contributed by atoms with Gasteiger partial charge < -0.3 is 14.8 Å². The summed E-state index contributed by atoms with van der Waals surface area (Å²) >= 11 is 0. The number of hydrogen-bond acceptors (Lipinski definition) is 7. The highest BCUT2D eigenvalue weighted by Gasteiger charge is 2.34. The van der Waals surface area contributed by atoms with Gasteiger partial charge >= 0.3 is 5.82 Å². The van der Waals surface area contributed by atoms with Crippen LogP contribution in [0.1, 0.15) is 24.3 Å². The smallest absolute Gasteiger partial charge is 0.508 e. The van der Waals surface area contributed by atoms with E-state index in [1.165, 1.54) is 12.2 Å². The number of carbonyl (C=O) groups is 2. The number of allylic oxidation sites excluding steroid dienone is 2. The third-order valence-electron chi connectivity index (χ3n) is 4.21. The van der Waals surface area contributed by atoms with Crippen molar-refractivity contribution in [3.05, 3.63) is 70.6 Å². The molecule has 1 fully saturated rings. The molecule has 0 bridgehead atoms. The lowest BCUT2D eigenvalue weighted by Crippen LogP contribution is -2.38. The Morgan fingerprint density at radius 2 is 1.78 bits per heavy atom. The maximum atomic E-state index is 10.9. The van der Waals surface area contributed by atoms with E-state index in [9.17, 15) is 14.4 Å². The minimum Gasteiger partial charge on any atom is -0.508 e. The monoisotopic (exact) mass is 370 g/mol. The molecule has 1 aliphatic heterocycles. The molecule has 4 rings (SSSR count). The Kier molecular flexibility index (Phi) is 5.35. The van der Waals surface area contributed by atoms with Gasteiger partial charge in [0, 0.05) is 12.8 Å². The molecule has 2 aliphatic rings. The van der Waals surface area contributed by atoms with Crippen molar-refractivity contribution in [3.63, 3.8) is 0 Å². The summed E-state index contributed by atoms with van der Waals surface area (Å²) in [6, 6.07) is 6.81. The topological polar surface area (TPSA) is 123 Å². The first-order valence-electron chi connectivity index (χ1n) is 8.41. The Labute approximate surface area is 154 Å². The van der Waals surface area contributed by atoms with Crippen LogP contribution in [0.25, 0.3) is 0 Å². The Bertz CT molecular complexity index is 920. The SMILES string of the molecule is O=C1C=CC2(C=C1)CCC(=O)N2.O=c1onc(CCc2ccc(O)cc2)o1. The standard InChI is InChI=1S/C10H9NO4.C9H9NO2/c12-8-4-1-7(2-5-8)3-6-9-11-15-10(13)14-9;11-7-1-4-9(5-2-7)6-3-8(12)10-9/h1-2,4-5,12H,3,6H2;1-2,4-5H,3,6H2,(H,10,12). The number of nitrogens with zero attached hydrogens (tertiary/aromatic N) is 1. The van der Waals surface area contributed by atoms with Crippen molar-refractivity contribution >= 4 is 11.7 Å². The lowest BCUT2D eigenvalue weighted by atomic mass is 9.92. The molecule has 1 aromatic carbocycles. The van der Waals surface area contributed by atoms with E-state index >= 15 is 0 Å². The number of hydrogen-bond donors (Lipinski definition) is 2. The Morgan fingerprint density at radius 1 is 1.07 bits per heavy atom. The highest BCUT2D eigenvalue weighted by atomic mass is 16.6. The molecular formula is C19H18N2O6. The van der Waals surface area contributed by atoms with Gasteiger partial charge in [0.2, 0.25) is 11.8 Å². The Hall–Kier alpha value is -3.42. The number of amides is 1. The van der Waals surface area contributed by atoms with Gasteiger partial charge in [0.15, 0.2) is 5.78 Å². The van der Waals surface area contributed by atoms with Crippen LogP contribution in [-0.4, -0.2) is 27.5 Å². The van der Waals surface area contributed by atoms with Crippen LogP contribution in [-0.2, 0) is 22.4 Å². The van der Waals surface area contributed by atoms with Crippen LogP contribution in [0.3, 0.4) is 0 Å². The number of aromatic hydroxyl groups is 1. The van der Waals surface area contributed by atoms with Gasteiger partial charge in [-0.1, -0.05) is 24.3 Å². The number of aromatic nitrogens is 1. The van der Waals surface area contributed by atoms with Crippen molar-refractivity contribution in [1.82, 2.24) is 10.5 Å². The summed E-state index contributed by atoms with van der Waals surface area (Å²) in [5.74, 6) is -0.226. The van der Waals surface area contributed by atoms with E-state index in [0.29, 0.717) is 19.3 Å². The molecule has 1 saturated heterocycles. The first-order valence-corrected chi connectivity index (χ1v) is 8.41. The van der Waals surface area contributed by atoms with E-state index in [1.807, 2.05) is 0 Å². The van der Waals surface area contributed by atoms with E-state index in [1.54, 1.807) is 36.4 Å². The van der Waals surface area contributed by atoms with E-state index in [2.05, 4.69) is 19.4 Å². The van der Waals surface area contributed by atoms with Gasteiger partial charge in [-0.05, 0) is 47.8 Å². The Balaban J connectivity index is 0.000000159. The van der Waals surface area contributed by atoms with Crippen molar-refractivity contribution in [2.24, 2.45) is 0 Å². The van der Waals surface area contributed by atoms with Gasteiger partial charge in [-0.25, -0.2) is 4.79 Å². The maximum Gasteiger partial charge on any atom is 0.542 e. The van der Waals surface area contributed by atoms with Crippen LogP contribution in [0, 0.1) is 0 Å². The summed E-state index contributed by atoms with van der Waals surface area (Å²) < 4.78 is 8.91. The average molecular weight is 370 g/mol. The fourth-order valence-electron chi connectivity index (χ4n) is 2.76. The second kappa shape index (κ2) is 7.86. The lowest BCUT2D eigenvalue weighted by molar-refractivity contribution is -0.119. The number of aryl methyl sites for hydroxylation is 2. The summed E-state index contributed by atoms with van der Waals surface area (Å²) in [7, 11) is 0. The number of carbonyl (C=O) groups excluding carboxylic acids is 2. The van der Waals surface area contributed by atoms with Crippen LogP contribution in [0.15, 0.2) is 62.3 Å². The number of phenols is 1. The number of benzene rings is 1. The van der Waals surface area contributed by atoms with E-state index in [-0.39, 0.29) is 28.9 Å². The first kappa shape index (κ1) is 18.4. The summed E-state index contributed by atoms with van der Waals surface area (Å²) in [4.78, 5) is 32.2. The lowest BCUT2D eigenvalue weighted by Gasteiger charge is -2.22. The average Bonchev–Trinajstić information content (AvgIpc) is 3.24. The predicted octanol–water partition coefficient (Wildman–Crippen LogP) is 1.45. The number of phenolic OH excluding ortho intramolecular Hbond substituents is 1. The highest BCUT2D eigenvalue weighted by molar-refractivity contribution is 6.01. The molecule has 27 heavy (non-hydrogen) atoms. The quantitative estimate of drug-likeness (QED) is 0.838. The first-order chi connectivity index (χ1) is 12.9. The molecule has 1 aromatic heterocycles. The minimum atomic E-state index is -0.782. The molecule has 140 valence electrons. The summed E-state index contributed by atoms with van der Waals surface area (Å²) in [6.07, 6.45) is 9.01. The fourth-order valence-corrected chi connectivity index (χ4v) is 2.76. The molecule has 0 radical (unpaired) electrons. The molecule has 0 saturated carbocycles. The molecular weight excluding hydrogens is 352 g/mol. The summed E-state index contributed by atoms with van der Waals surface area (Å²) in [5.41, 5.74) is 0.670. The van der Waals surface area contributed by atoms with Crippen LogP contribution in [0.4, 0.5) is 0 Å². The normalized spacial score (nSPS) is 16.9. The molecule has 1 amide bonds. The predicted molar refractivity (Wildman–Crippen MR) is 93.9 cm³/mol. The van der Waals surface area contributed by atoms with Crippen molar-refractivity contribution in [3.8, 4) is 5.75 Å². The van der Waals surface area contributed by atoms with E-state index < -0.39 is 5.82 Å².